The topological polar surface area (TPSA) is 114 Å². The molecule has 0 unspecified atom stereocenters. The van der Waals surface area contributed by atoms with E-state index in [2.05, 4.69) is 10.5 Å². The third-order valence-corrected chi connectivity index (χ3v) is 4.59. The molecule has 0 fully saturated rings. The molecule has 0 aliphatic heterocycles. The number of anilines is 1. The Morgan fingerprint density at radius 2 is 1.81 bits per heavy atom. The first-order valence-corrected chi connectivity index (χ1v) is 9.54. The number of rotatable bonds is 7. The molecule has 31 heavy (non-hydrogen) atoms. The molecule has 158 valence electrons. The maximum absolute atomic E-state index is 12.3. The minimum Gasteiger partial charge on any atom is -0.489 e. The van der Waals surface area contributed by atoms with E-state index < -0.39 is 18.0 Å². The second-order valence-electron chi connectivity index (χ2n) is 6.84. The number of nitrogens with zero attached hydrogens (tertiary/aromatic N) is 2. The van der Waals surface area contributed by atoms with E-state index in [0.717, 1.165) is 11.3 Å². The summed E-state index contributed by atoms with van der Waals surface area (Å²) in [5.41, 5.74) is 2.93. The highest BCUT2D eigenvalue weighted by Crippen LogP contribution is 2.18. The zero-order chi connectivity index (χ0) is 22.4. The smallest absolute Gasteiger partial charge is 0.338 e. The van der Waals surface area contributed by atoms with E-state index in [-0.39, 0.29) is 0 Å². The summed E-state index contributed by atoms with van der Waals surface area (Å²) in [6.07, 6.45) is -1.00. The Morgan fingerprint density at radius 3 is 2.39 bits per heavy atom. The van der Waals surface area contributed by atoms with E-state index in [1.807, 2.05) is 19.9 Å². The molecule has 2 aromatic carbocycles. The number of hydrogen-bond acceptors (Lipinski definition) is 7. The summed E-state index contributed by atoms with van der Waals surface area (Å²) >= 11 is 0. The molecular weight excluding hydrogens is 398 g/mol. The first-order chi connectivity index (χ1) is 14.9. The van der Waals surface area contributed by atoms with Gasteiger partial charge < -0.3 is 19.3 Å². The van der Waals surface area contributed by atoms with Crippen LogP contribution < -0.4 is 10.1 Å². The fourth-order valence-corrected chi connectivity index (χ4v) is 2.70. The van der Waals surface area contributed by atoms with Gasteiger partial charge in [-0.05, 0) is 69.3 Å². The van der Waals surface area contributed by atoms with Crippen LogP contribution >= 0.6 is 0 Å². The van der Waals surface area contributed by atoms with Crippen LogP contribution in [0.3, 0.4) is 0 Å². The highest BCUT2D eigenvalue weighted by atomic mass is 16.5. The van der Waals surface area contributed by atoms with E-state index in [4.69, 9.17) is 19.3 Å². The third-order valence-electron chi connectivity index (χ3n) is 4.59. The van der Waals surface area contributed by atoms with Crippen LogP contribution in [-0.2, 0) is 16.1 Å². The molecule has 0 bridgehead atoms. The van der Waals surface area contributed by atoms with Crippen LogP contribution in [0, 0.1) is 25.2 Å². The predicted octanol–water partition coefficient (Wildman–Crippen LogP) is 3.93. The van der Waals surface area contributed by atoms with Crippen LogP contribution in [0.15, 0.2) is 53.1 Å². The number of aromatic nitrogens is 1. The first kappa shape index (κ1) is 21.6. The van der Waals surface area contributed by atoms with Gasteiger partial charge in [0.15, 0.2) is 6.10 Å². The minimum atomic E-state index is -1.00. The van der Waals surface area contributed by atoms with Crippen molar-refractivity contribution in [3.8, 4) is 11.8 Å². The Hall–Kier alpha value is -4.12. The van der Waals surface area contributed by atoms with Crippen molar-refractivity contribution in [3.05, 3.63) is 76.7 Å². The van der Waals surface area contributed by atoms with Crippen molar-refractivity contribution < 1.29 is 23.6 Å². The van der Waals surface area contributed by atoms with Crippen LogP contribution in [0.5, 0.6) is 5.75 Å². The molecule has 0 radical (unpaired) electrons. The van der Waals surface area contributed by atoms with Gasteiger partial charge in [0.25, 0.3) is 5.91 Å². The third kappa shape index (κ3) is 5.48. The van der Waals surface area contributed by atoms with Gasteiger partial charge in [-0.15, -0.1) is 0 Å². The number of nitriles is 1. The monoisotopic (exact) mass is 419 g/mol. The highest BCUT2D eigenvalue weighted by Gasteiger charge is 2.19. The number of carbonyl (C=O) groups excluding carboxylic acids is 2. The van der Waals surface area contributed by atoms with Gasteiger partial charge in [-0.1, -0.05) is 5.16 Å². The Labute approximate surface area is 179 Å². The van der Waals surface area contributed by atoms with Gasteiger partial charge in [0.1, 0.15) is 18.1 Å². The number of esters is 1. The number of carbonyl (C=O) groups is 2. The van der Waals surface area contributed by atoms with Gasteiger partial charge in [0, 0.05) is 5.69 Å². The van der Waals surface area contributed by atoms with E-state index in [9.17, 15) is 9.59 Å². The Morgan fingerprint density at radius 1 is 1.13 bits per heavy atom. The maximum atomic E-state index is 12.3. The van der Waals surface area contributed by atoms with Crippen molar-refractivity contribution in [1.82, 2.24) is 5.16 Å². The zero-order valence-electron chi connectivity index (χ0n) is 17.3. The lowest BCUT2D eigenvalue weighted by atomic mass is 10.2. The van der Waals surface area contributed by atoms with Crippen LogP contribution in [-0.4, -0.2) is 23.1 Å². The summed E-state index contributed by atoms with van der Waals surface area (Å²) in [6.45, 7) is 5.44. The fourth-order valence-electron chi connectivity index (χ4n) is 2.70. The maximum Gasteiger partial charge on any atom is 0.338 e. The summed E-state index contributed by atoms with van der Waals surface area (Å²) in [4.78, 5) is 24.6. The van der Waals surface area contributed by atoms with E-state index in [0.29, 0.717) is 34.9 Å². The van der Waals surface area contributed by atoms with Crippen molar-refractivity contribution in [2.45, 2.75) is 33.5 Å². The number of amides is 1. The van der Waals surface area contributed by atoms with Gasteiger partial charge >= 0.3 is 5.97 Å². The minimum absolute atomic E-state index is 0.294. The summed E-state index contributed by atoms with van der Waals surface area (Å²) in [5.74, 6) is 0.173. The summed E-state index contributed by atoms with van der Waals surface area (Å²) in [6, 6.07) is 14.8. The van der Waals surface area contributed by atoms with Crippen molar-refractivity contribution in [2.75, 3.05) is 5.32 Å². The molecule has 3 rings (SSSR count). The highest BCUT2D eigenvalue weighted by molar-refractivity contribution is 5.97. The van der Waals surface area contributed by atoms with E-state index >= 15 is 0 Å². The molecule has 1 N–H and O–H groups in total. The Bertz CT molecular complexity index is 1090. The standard InChI is InChI=1S/C23H21N3O5/c1-14-21(15(2)31-26-14)13-29-20-10-6-18(7-11-20)23(28)30-16(3)22(27)25-19-8-4-17(12-24)5-9-19/h4-11,16H,13H2,1-3H3,(H,25,27)/t16-/m1/s1. The summed E-state index contributed by atoms with van der Waals surface area (Å²) in [5, 5.41) is 15.3. The second kappa shape index (κ2) is 9.59. The van der Waals surface area contributed by atoms with E-state index in [1.165, 1.54) is 6.92 Å². The molecular formula is C23H21N3O5. The van der Waals surface area contributed by atoms with Crippen molar-refractivity contribution in [3.63, 3.8) is 0 Å². The summed E-state index contributed by atoms with van der Waals surface area (Å²) in [7, 11) is 0. The second-order valence-corrected chi connectivity index (χ2v) is 6.84. The molecule has 0 aliphatic carbocycles. The lowest BCUT2D eigenvalue weighted by Gasteiger charge is -2.14. The largest absolute Gasteiger partial charge is 0.489 e. The first-order valence-electron chi connectivity index (χ1n) is 9.54. The lowest BCUT2D eigenvalue weighted by molar-refractivity contribution is -0.123. The molecule has 8 heteroatoms. The molecule has 0 saturated heterocycles. The molecule has 1 atom stereocenters. The molecule has 1 heterocycles. The molecule has 0 spiro atoms. The lowest BCUT2D eigenvalue weighted by Crippen LogP contribution is -2.30. The molecule has 0 aliphatic rings. The normalized spacial score (nSPS) is 11.3. The Balaban J connectivity index is 1.53. The predicted molar refractivity (Wildman–Crippen MR) is 111 cm³/mol. The number of nitrogens with one attached hydrogen (secondary N) is 1. The number of benzene rings is 2. The average Bonchev–Trinajstić information content (AvgIpc) is 3.10. The quantitative estimate of drug-likeness (QED) is 0.577. The molecule has 8 nitrogen and oxygen atoms in total. The van der Waals surface area contributed by atoms with Gasteiger partial charge in [0.05, 0.1) is 28.5 Å². The van der Waals surface area contributed by atoms with E-state index in [1.54, 1.807) is 48.5 Å². The van der Waals surface area contributed by atoms with Crippen LogP contribution in [0.2, 0.25) is 0 Å². The van der Waals surface area contributed by atoms with Gasteiger partial charge in [-0.2, -0.15) is 5.26 Å². The van der Waals surface area contributed by atoms with Crippen LogP contribution in [0.25, 0.3) is 0 Å². The zero-order valence-corrected chi connectivity index (χ0v) is 17.3. The van der Waals surface area contributed by atoms with Crippen molar-refractivity contribution in [1.29, 1.82) is 5.26 Å². The van der Waals surface area contributed by atoms with Crippen LogP contribution in [0.4, 0.5) is 5.69 Å². The average molecular weight is 419 g/mol. The molecule has 1 aromatic heterocycles. The molecule has 3 aromatic rings. The van der Waals surface area contributed by atoms with Gasteiger partial charge in [0.2, 0.25) is 0 Å². The number of aryl methyl sites for hydroxylation is 2. The molecule has 1 amide bonds. The van der Waals surface area contributed by atoms with Gasteiger partial charge in [-0.3, -0.25) is 4.79 Å². The summed E-state index contributed by atoms with van der Waals surface area (Å²) < 4.78 is 16.1. The van der Waals surface area contributed by atoms with Gasteiger partial charge in [-0.25, -0.2) is 4.79 Å². The number of ether oxygens (including phenoxy) is 2. The van der Waals surface area contributed by atoms with Crippen LogP contribution in [0.1, 0.15) is 39.9 Å². The Kier molecular flexibility index (Phi) is 6.67. The number of hydrogen-bond donors (Lipinski definition) is 1. The van der Waals surface area contributed by atoms with Crippen molar-refractivity contribution >= 4 is 17.6 Å². The SMILES string of the molecule is Cc1noc(C)c1COc1ccc(C(=O)O[C@H](C)C(=O)Nc2ccc(C#N)cc2)cc1. The fraction of sp³-hybridized carbons (Fsp3) is 0.217. The molecule has 0 saturated carbocycles. The van der Waals surface area contributed by atoms with Crippen molar-refractivity contribution in [2.24, 2.45) is 0 Å².